The fourth-order valence-corrected chi connectivity index (χ4v) is 4.46. The van der Waals surface area contributed by atoms with E-state index in [0.29, 0.717) is 41.8 Å². The fourth-order valence-electron chi connectivity index (χ4n) is 4.46. The molecule has 2 heterocycles. The second-order valence-electron chi connectivity index (χ2n) is 7.95. The van der Waals surface area contributed by atoms with E-state index in [1.54, 1.807) is 26.0 Å². The zero-order chi connectivity index (χ0) is 19.3. The van der Waals surface area contributed by atoms with E-state index in [4.69, 9.17) is 9.15 Å². The molecule has 1 aromatic carbocycles. The normalized spacial score (nSPS) is 25.6. The number of ether oxygens (including phenoxy) is 1. The maximum atomic E-state index is 12.7. The summed E-state index contributed by atoms with van der Waals surface area (Å²) in [5, 5.41) is 10.6. The molecule has 1 amide bonds. The summed E-state index contributed by atoms with van der Waals surface area (Å²) < 4.78 is 11.2. The monoisotopic (exact) mass is 371 g/mol. The minimum absolute atomic E-state index is 0.0412. The van der Waals surface area contributed by atoms with Crippen LogP contribution in [0.2, 0.25) is 0 Å². The molecule has 6 heteroatoms. The molecule has 1 saturated carbocycles. The summed E-state index contributed by atoms with van der Waals surface area (Å²) in [6.07, 6.45) is 0.730. The summed E-state index contributed by atoms with van der Waals surface area (Å²) in [5.41, 5.74) is 1.60. The predicted octanol–water partition coefficient (Wildman–Crippen LogP) is 2.41. The van der Waals surface area contributed by atoms with Crippen LogP contribution in [0.4, 0.5) is 0 Å². The van der Waals surface area contributed by atoms with E-state index in [1.165, 1.54) is 0 Å². The highest BCUT2D eigenvalue weighted by atomic mass is 16.5. The number of aryl methyl sites for hydroxylation is 1. The van der Waals surface area contributed by atoms with Crippen LogP contribution in [-0.2, 0) is 4.79 Å². The first-order valence-electron chi connectivity index (χ1n) is 9.51. The topological polar surface area (TPSA) is 80.0 Å². The maximum Gasteiger partial charge on any atom is 0.339 e. The number of carbonyl (C=O) groups is 1. The Balaban J connectivity index is 1.48. The van der Waals surface area contributed by atoms with Gasteiger partial charge < -0.3 is 19.2 Å². The first-order chi connectivity index (χ1) is 12.8. The molecule has 6 nitrogen and oxygen atoms in total. The third-order valence-electron chi connectivity index (χ3n) is 6.13. The third kappa shape index (κ3) is 3.23. The number of carbonyl (C=O) groups excluding carboxylic acids is 1. The summed E-state index contributed by atoms with van der Waals surface area (Å²) in [7, 11) is 0. The average molecular weight is 371 g/mol. The van der Waals surface area contributed by atoms with E-state index < -0.39 is 6.10 Å². The van der Waals surface area contributed by atoms with E-state index in [0.717, 1.165) is 23.8 Å². The highest BCUT2D eigenvalue weighted by Gasteiger charge is 2.42. The summed E-state index contributed by atoms with van der Waals surface area (Å²) in [6.45, 7) is 6.77. The SMILES string of the molecule is Cc1c(C)c2ccc(OC(C)C(=O)N3C[C@H]4CC(O)C[C@H]4C3)cc2oc1=O. The summed E-state index contributed by atoms with van der Waals surface area (Å²) in [6, 6.07) is 5.32. The van der Waals surface area contributed by atoms with Crippen molar-refractivity contribution in [1.29, 1.82) is 0 Å². The Morgan fingerprint density at radius 1 is 1.22 bits per heavy atom. The van der Waals surface area contributed by atoms with Crippen LogP contribution in [0.15, 0.2) is 27.4 Å². The number of hydrogen-bond donors (Lipinski definition) is 1. The van der Waals surface area contributed by atoms with Crippen LogP contribution >= 0.6 is 0 Å². The number of aliphatic hydroxyl groups excluding tert-OH is 1. The molecule has 1 aliphatic heterocycles. The molecular formula is C21H25NO5. The molecule has 1 aliphatic carbocycles. The lowest BCUT2D eigenvalue weighted by atomic mass is 10.0. The van der Waals surface area contributed by atoms with Gasteiger partial charge in [-0.25, -0.2) is 4.79 Å². The average Bonchev–Trinajstić information content (AvgIpc) is 3.16. The molecule has 0 bridgehead atoms. The Hall–Kier alpha value is -2.34. The molecule has 2 fully saturated rings. The van der Waals surface area contributed by atoms with E-state index in [9.17, 15) is 14.7 Å². The first kappa shape index (κ1) is 18.0. The first-order valence-corrected chi connectivity index (χ1v) is 9.51. The number of likely N-dealkylation sites (tertiary alicyclic amines) is 1. The molecular weight excluding hydrogens is 346 g/mol. The van der Waals surface area contributed by atoms with Crippen molar-refractivity contribution in [3.8, 4) is 5.75 Å². The van der Waals surface area contributed by atoms with E-state index in [-0.39, 0.29) is 17.6 Å². The molecule has 2 aliphatic rings. The Labute approximate surface area is 157 Å². The third-order valence-corrected chi connectivity index (χ3v) is 6.13. The number of aliphatic hydroxyl groups is 1. The molecule has 1 saturated heterocycles. The Bertz CT molecular complexity index is 935. The Morgan fingerprint density at radius 3 is 2.56 bits per heavy atom. The number of rotatable bonds is 3. The van der Waals surface area contributed by atoms with Gasteiger partial charge in [0, 0.05) is 30.1 Å². The number of amides is 1. The Morgan fingerprint density at radius 2 is 1.89 bits per heavy atom. The number of fused-ring (bicyclic) bond motifs is 2. The minimum atomic E-state index is -0.621. The molecule has 1 aromatic heterocycles. The molecule has 4 atom stereocenters. The highest BCUT2D eigenvalue weighted by molar-refractivity contribution is 5.83. The fraction of sp³-hybridized carbons (Fsp3) is 0.524. The second-order valence-corrected chi connectivity index (χ2v) is 7.95. The van der Waals surface area contributed by atoms with E-state index in [2.05, 4.69) is 0 Å². The molecule has 144 valence electrons. The van der Waals surface area contributed by atoms with Crippen LogP contribution in [0, 0.1) is 25.7 Å². The van der Waals surface area contributed by atoms with Gasteiger partial charge in [0.1, 0.15) is 11.3 Å². The minimum Gasteiger partial charge on any atom is -0.481 e. The van der Waals surface area contributed by atoms with Crippen LogP contribution in [0.1, 0.15) is 30.9 Å². The lowest BCUT2D eigenvalue weighted by Crippen LogP contribution is -2.39. The lowest BCUT2D eigenvalue weighted by Gasteiger charge is -2.23. The molecule has 0 spiro atoms. The zero-order valence-electron chi connectivity index (χ0n) is 15.9. The van der Waals surface area contributed by atoms with Crippen molar-refractivity contribution in [1.82, 2.24) is 4.90 Å². The highest BCUT2D eigenvalue weighted by Crippen LogP contribution is 2.38. The van der Waals surface area contributed by atoms with Crippen LogP contribution < -0.4 is 10.4 Å². The predicted molar refractivity (Wildman–Crippen MR) is 101 cm³/mol. The smallest absolute Gasteiger partial charge is 0.339 e. The lowest BCUT2D eigenvalue weighted by molar-refractivity contribution is -0.137. The van der Waals surface area contributed by atoms with Crippen LogP contribution in [0.25, 0.3) is 11.0 Å². The summed E-state index contributed by atoms with van der Waals surface area (Å²) >= 11 is 0. The van der Waals surface area contributed by atoms with Gasteiger partial charge in [0.2, 0.25) is 0 Å². The number of hydrogen-bond acceptors (Lipinski definition) is 5. The molecule has 1 N–H and O–H groups in total. The van der Waals surface area contributed by atoms with Gasteiger partial charge in [-0.05, 0) is 63.1 Å². The maximum absolute atomic E-state index is 12.7. The van der Waals surface area contributed by atoms with E-state index in [1.807, 2.05) is 17.9 Å². The van der Waals surface area contributed by atoms with Gasteiger partial charge in [-0.3, -0.25) is 4.79 Å². The van der Waals surface area contributed by atoms with Crippen molar-refractivity contribution in [3.05, 3.63) is 39.7 Å². The zero-order valence-corrected chi connectivity index (χ0v) is 15.9. The standard InChI is InChI=1S/C21H25NO5/c1-11-12(2)21(25)27-19-8-17(4-5-18(11)19)26-13(3)20(24)22-9-14-6-16(23)7-15(14)10-22/h4-5,8,13-16,23H,6-7,9-10H2,1-3H3/t13?,14-,15+,16?. The molecule has 4 rings (SSSR count). The largest absolute Gasteiger partial charge is 0.481 e. The van der Waals surface area contributed by atoms with Gasteiger partial charge in [-0.2, -0.15) is 0 Å². The van der Waals surface area contributed by atoms with Gasteiger partial charge >= 0.3 is 5.63 Å². The van der Waals surface area contributed by atoms with Crippen LogP contribution in [0.5, 0.6) is 5.75 Å². The summed E-state index contributed by atoms with van der Waals surface area (Å²) in [5.74, 6) is 1.26. The van der Waals surface area contributed by atoms with Crippen molar-refractivity contribution in [2.75, 3.05) is 13.1 Å². The van der Waals surface area contributed by atoms with Crippen molar-refractivity contribution in [2.24, 2.45) is 11.8 Å². The Kier molecular flexibility index (Phi) is 4.46. The van der Waals surface area contributed by atoms with E-state index >= 15 is 0 Å². The van der Waals surface area contributed by atoms with Crippen molar-refractivity contribution < 1.29 is 19.1 Å². The van der Waals surface area contributed by atoms with Crippen molar-refractivity contribution in [2.45, 2.75) is 45.8 Å². The van der Waals surface area contributed by atoms with Gasteiger partial charge in [0.05, 0.1) is 6.10 Å². The molecule has 2 unspecified atom stereocenters. The summed E-state index contributed by atoms with van der Waals surface area (Å²) in [4.78, 5) is 26.5. The molecule has 0 radical (unpaired) electrons. The van der Waals surface area contributed by atoms with Gasteiger partial charge in [0.25, 0.3) is 5.91 Å². The van der Waals surface area contributed by atoms with Crippen LogP contribution in [0.3, 0.4) is 0 Å². The van der Waals surface area contributed by atoms with Crippen molar-refractivity contribution in [3.63, 3.8) is 0 Å². The molecule has 2 aromatic rings. The molecule has 27 heavy (non-hydrogen) atoms. The van der Waals surface area contributed by atoms with Gasteiger partial charge in [-0.1, -0.05) is 0 Å². The second kappa shape index (κ2) is 6.68. The number of nitrogens with zero attached hydrogens (tertiary/aromatic N) is 1. The van der Waals surface area contributed by atoms with Crippen LogP contribution in [-0.4, -0.2) is 41.2 Å². The quantitative estimate of drug-likeness (QED) is 0.838. The van der Waals surface area contributed by atoms with Gasteiger partial charge in [-0.15, -0.1) is 0 Å². The van der Waals surface area contributed by atoms with Crippen molar-refractivity contribution >= 4 is 16.9 Å². The van der Waals surface area contributed by atoms with Gasteiger partial charge in [0.15, 0.2) is 6.10 Å². The number of benzene rings is 1.